The number of anilines is 1. The molecule has 0 aliphatic rings. The standard InChI is InChI=1S/C19H24N6O2/c1-19(2,3)8-10-25-12-21-14-15(25)17(27)23-18(22-16(14)26)24(4)11-13-7-5-6-9-20-13/h5-7,9,12H,8,10-11H2,1-4H3,(H,22,23,26,27). The van der Waals surface area contributed by atoms with Crippen LogP contribution in [-0.2, 0) is 13.1 Å². The zero-order valence-electron chi connectivity index (χ0n) is 16.1. The van der Waals surface area contributed by atoms with Crippen LogP contribution >= 0.6 is 0 Å². The van der Waals surface area contributed by atoms with Gasteiger partial charge in [-0.05, 0) is 24.0 Å². The first-order valence-electron chi connectivity index (χ1n) is 8.85. The minimum atomic E-state index is -0.527. The van der Waals surface area contributed by atoms with E-state index in [1.165, 1.54) is 6.33 Å². The van der Waals surface area contributed by atoms with Crippen molar-refractivity contribution in [2.24, 2.45) is 5.41 Å². The van der Waals surface area contributed by atoms with E-state index in [-0.39, 0.29) is 28.0 Å². The average molecular weight is 368 g/mol. The van der Waals surface area contributed by atoms with E-state index in [2.05, 4.69) is 40.7 Å². The van der Waals surface area contributed by atoms with Crippen molar-refractivity contribution >= 4 is 17.0 Å². The Kier molecular flexibility index (Phi) is 5.07. The molecule has 3 rings (SSSR count). The molecule has 0 aliphatic carbocycles. The van der Waals surface area contributed by atoms with E-state index in [1.54, 1.807) is 22.7 Å². The molecular formula is C19H24N6O2. The lowest BCUT2D eigenvalue weighted by molar-refractivity contribution is 0.352. The Labute approximate surface area is 156 Å². The second kappa shape index (κ2) is 7.30. The smallest absolute Gasteiger partial charge is 0.301 e. The monoisotopic (exact) mass is 368 g/mol. The minimum absolute atomic E-state index is 0.0858. The molecule has 3 heterocycles. The van der Waals surface area contributed by atoms with Crippen molar-refractivity contribution in [1.82, 2.24) is 24.5 Å². The van der Waals surface area contributed by atoms with E-state index in [1.807, 2.05) is 18.2 Å². The highest BCUT2D eigenvalue weighted by Gasteiger charge is 2.16. The summed E-state index contributed by atoms with van der Waals surface area (Å²) in [5, 5.41) is 0. The van der Waals surface area contributed by atoms with E-state index < -0.39 is 5.56 Å². The molecule has 0 saturated heterocycles. The molecule has 3 aromatic heterocycles. The van der Waals surface area contributed by atoms with E-state index in [0.717, 1.165) is 12.1 Å². The molecule has 0 unspecified atom stereocenters. The van der Waals surface area contributed by atoms with Crippen LogP contribution in [0.15, 0.2) is 40.3 Å². The zero-order valence-corrected chi connectivity index (χ0v) is 16.1. The van der Waals surface area contributed by atoms with Crippen molar-refractivity contribution in [2.45, 2.75) is 40.3 Å². The Morgan fingerprint density at radius 3 is 2.63 bits per heavy atom. The topological polar surface area (TPSA) is 96.8 Å². The fraction of sp³-hybridized carbons (Fsp3) is 0.421. The Bertz CT molecular complexity index is 1050. The summed E-state index contributed by atoms with van der Waals surface area (Å²) in [4.78, 5) is 42.2. The Hall–Kier alpha value is -3.03. The second-order valence-electron chi connectivity index (χ2n) is 7.82. The summed E-state index contributed by atoms with van der Waals surface area (Å²) in [7, 11) is 1.75. The fourth-order valence-electron chi connectivity index (χ4n) is 2.73. The molecule has 27 heavy (non-hydrogen) atoms. The van der Waals surface area contributed by atoms with Crippen LogP contribution in [0.5, 0.6) is 0 Å². The highest BCUT2D eigenvalue weighted by Crippen LogP contribution is 2.20. The number of H-pyrrole nitrogens is 1. The zero-order chi connectivity index (χ0) is 19.6. The molecule has 0 saturated carbocycles. The van der Waals surface area contributed by atoms with Gasteiger partial charge in [0.1, 0.15) is 5.52 Å². The first-order valence-corrected chi connectivity index (χ1v) is 8.85. The number of hydrogen-bond acceptors (Lipinski definition) is 6. The Morgan fingerprint density at radius 2 is 1.96 bits per heavy atom. The summed E-state index contributed by atoms with van der Waals surface area (Å²) in [5.41, 5.74) is 0.345. The van der Waals surface area contributed by atoms with Crippen LogP contribution in [0.1, 0.15) is 32.9 Å². The number of fused-ring (bicyclic) bond motifs is 1. The molecule has 0 radical (unpaired) electrons. The lowest BCUT2D eigenvalue weighted by Crippen LogP contribution is -2.22. The van der Waals surface area contributed by atoms with Crippen LogP contribution < -0.4 is 16.0 Å². The van der Waals surface area contributed by atoms with Crippen LogP contribution in [0.2, 0.25) is 0 Å². The third-order valence-electron chi connectivity index (χ3n) is 4.28. The number of rotatable bonds is 5. The summed E-state index contributed by atoms with van der Waals surface area (Å²) < 4.78 is 1.73. The number of aromatic nitrogens is 5. The van der Waals surface area contributed by atoms with Crippen molar-refractivity contribution in [3.05, 3.63) is 57.1 Å². The van der Waals surface area contributed by atoms with Crippen molar-refractivity contribution in [2.75, 3.05) is 11.9 Å². The van der Waals surface area contributed by atoms with Crippen molar-refractivity contribution in [1.29, 1.82) is 0 Å². The van der Waals surface area contributed by atoms with E-state index in [4.69, 9.17) is 0 Å². The summed E-state index contributed by atoms with van der Waals surface area (Å²) in [6.07, 6.45) is 4.08. The maximum Gasteiger partial charge on any atom is 0.301 e. The van der Waals surface area contributed by atoms with Gasteiger partial charge >= 0.3 is 5.56 Å². The molecule has 8 nitrogen and oxygen atoms in total. The van der Waals surface area contributed by atoms with E-state index in [9.17, 15) is 9.59 Å². The van der Waals surface area contributed by atoms with Gasteiger partial charge in [-0.1, -0.05) is 26.8 Å². The molecule has 1 N–H and O–H groups in total. The van der Waals surface area contributed by atoms with Gasteiger partial charge in [0.2, 0.25) is 5.95 Å². The Morgan fingerprint density at radius 1 is 1.19 bits per heavy atom. The second-order valence-corrected chi connectivity index (χ2v) is 7.82. The minimum Gasteiger partial charge on any atom is -0.339 e. The number of pyridine rings is 1. The number of aromatic amines is 1. The number of aryl methyl sites for hydroxylation is 1. The van der Waals surface area contributed by atoms with Crippen LogP contribution in [0, 0.1) is 5.41 Å². The maximum absolute atomic E-state index is 12.8. The maximum atomic E-state index is 12.8. The number of nitrogens with one attached hydrogen (secondary N) is 1. The van der Waals surface area contributed by atoms with Crippen LogP contribution in [0.25, 0.3) is 11.0 Å². The van der Waals surface area contributed by atoms with Gasteiger partial charge in [-0.2, -0.15) is 4.98 Å². The molecule has 142 valence electrons. The highest BCUT2D eigenvalue weighted by atomic mass is 16.1. The summed E-state index contributed by atoms with van der Waals surface area (Å²) in [5.74, 6) is 0.191. The van der Waals surface area contributed by atoms with Gasteiger partial charge in [0.05, 0.1) is 18.6 Å². The predicted octanol–water partition coefficient (Wildman–Crippen LogP) is 1.95. The first-order chi connectivity index (χ1) is 12.7. The molecule has 0 aliphatic heterocycles. The molecule has 0 amide bonds. The van der Waals surface area contributed by atoms with Crippen molar-refractivity contribution in [3.63, 3.8) is 0 Å². The molecule has 0 aromatic carbocycles. The third kappa shape index (κ3) is 4.39. The molecule has 0 atom stereocenters. The highest BCUT2D eigenvalue weighted by molar-refractivity contribution is 5.72. The van der Waals surface area contributed by atoms with Crippen molar-refractivity contribution < 1.29 is 0 Å². The van der Waals surface area contributed by atoms with Gasteiger partial charge in [-0.25, -0.2) is 4.98 Å². The van der Waals surface area contributed by atoms with Crippen molar-refractivity contribution in [3.8, 4) is 0 Å². The molecule has 0 spiro atoms. The van der Waals surface area contributed by atoms with E-state index in [0.29, 0.717) is 13.1 Å². The first kappa shape index (κ1) is 18.8. The lowest BCUT2D eigenvalue weighted by atomic mass is 9.92. The normalized spacial score (nSPS) is 11.7. The molecule has 8 heteroatoms. The number of nitrogens with zero attached hydrogens (tertiary/aromatic N) is 5. The van der Waals surface area contributed by atoms with Gasteiger partial charge in [0.25, 0.3) is 5.56 Å². The number of imidazole rings is 1. The van der Waals surface area contributed by atoms with Crippen LogP contribution in [-0.4, -0.2) is 31.6 Å². The molecular weight excluding hydrogens is 344 g/mol. The lowest BCUT2D eigenvalue weighted by Gasteiger charge is -2.18. The predicted molar refractivity (Wildman–Crippen MR) is 105 cm³/mol. The van der Waals surface area contributed by atoms with Gasteiger partial charge < -0.3 is 9.47 Å². The van der Waals surface area contributed by atoms with Crippen LogP contribution in [0.4, 0.5) is 5.95 Å². The van der Waals surface area contributed by atoms with Gasteiger partial charge in [-0.3, -0.25) is 19.6 Å². The Balaban J connectivity index is 2.00. The summed E-state index contributed by atoms with van der Waals surface area (Å²) >= 11 is 0. The quantitative estimate of drug-likeness (QED) is 0.739. The van der Waals surface area contributed by atoms with Gasteiger partial charge in [0, 0.05) is 19.8 Å². The number of hydrogen-bond donors (Lipinski definition) is 1. The van der Waals surface area contributed by atoms with E-state index >= 15 is 0 Å². The third-order valence-corrected chi connectivity index (χ3v) is 4.28. The molecule has 3 aromatic rings. The summed E-state index contributed by atoms with van der Waals surface area (Å²) in [6.45, 7) is 7.39. The summed E-state index contributed by atoms with van der Waals surface area (Å²) in [6, 6.07) is 5.58. The molecule has 0 fully saturated rings. The largest absolute Gasteiger partial charge is 0.339 e. The molecule has 0 bridgehead atoms. The average Bonchev–Trinajstić information content (AvgIpc) is 2.98. The van der Waals surface area contributed by atoms with Gasteiger partial charge in [0.15, 0.2) is 5.52 Å². The fourth-order valence-corrected chi connectivity index (χ4v) is 2.73. The SMILES string of the molecule is CN(Cc1ccccn1)c1nc(=O)c2ncn(CCC(C)(C)C)c2c(=O)[nH]1. The van der Waals surface area contributed by atoms with Crippen LogP contribution in [0.3, 0.4) is 0 Å². The van der Waals surface area contributed by atoms with Gasteiger partial charge in [-0.15, -0.1) is 0 Å².